The van der Waals surface area contributed by atoms with Gasteiger partial charge >= 0.3 is 0 Å². The first-order valence-corrected chi connectivity index (χ1v) is 9.98. The first kappa shape index (κ1) is 18.0. The highest BCUT2D eigenvalue weighted by molar-refractivity contribution is 7.98. The van der Waals surface area contributed by atoms with E-state index in [1.165, 1.54) is 11.4 Å². The molecule has 7 heteroatoms. The number of anilines is 1. The molecule has 4 nitrogen and oxygen atoms in total. The van der Waals surface area contributed by atoms with Gasteiger partial charge in [0, 0.05) is 11.4 Å². The highest BCUT2D eigenvalue weighted by atomic mass is 35.5. The molecule has 2 aromatic rings. The van der Waals surface area contributed by atoms with Gasteiger partial charge in [0.15, 0.2) is 0 Å². The topological polar surface area (TPSA) is 46.6 Å². The van der Waals surface area contributed by atoms with Crippen LogP contribution >= 0.6 is 23.4 Å². The van der Waals surface area contributed by atoms with E-state index in [-0.39, 0.29) is 4.90 Å². The quantitative estimate of drug-likeness (QED) is 0.711. The molecule has 0 bridgehead atoms. The van der Waals surface area contributed by atoms with Crippen LogP contribution in [0.25, 0.3) is 0 Å². The molecule has 0 saturated heterocycles. The van der Waals surface area contributed by atoms with Gasteiger partial charge in [0.25, 0.3) is 10.0 Å². The molecule has 0 heterocycles. The number of rotatable bonds is 6. The molecule has 0 aromatic heterocycles. The summed E-state index contributed by atoms with van der Waals surface area (Å²) in [5.74, 6) is 0.508. The molecule has 0 spiro atoms. The van der Waals surface area contributed by atoms with Crippen LogP contribution in [0.1, 0.15) is 6.92 Å². The Labute approximate surface area is 146 Å². The van der Waals surface area contributed by atoms with Gasteiger partial charge in [-0.25, -0.2) is 8.42 Å². The maximum absolute atomic E-state index is 12.9. The predicted octanol–water partition coefficient (Wildman–Crippen LogP) is 4.29. The molecule has 124 valence electrons. The molecule has 0 atom stereocenters. The average Bonchev–Trinajstić information content (AvgIpc) is 2.55. The Morgan fingerprint density at radius 2 is 1.83 bits per heavy atom. The Morgan fingerprint density at radius 3 is 2.30 bits per heavy atom. The second-order valence-corrected chi connectivity index (χ2v) is 7.81. The lowest BCUT2D eigenvalue weighted by atomic mass is 10.3. The van der Waals surface area contributed by atoms with Crippen LogP contribution in [-0.2, 0) is 10.0 Å². The molecule has 23 heavy (non-hydrogen) atoms. The largest absolute Gasteiger partial charge is 0.495 e. The molecule has 0 aliphatic rings. The van der Waals surface area contributed by atoms with Crippen LogP contribution in [0, 0.1) is 0 Å². The monoisotopic (exact) mass is 371 g/mol. The summed E-state index contributed by atoms with van der Waals surface area (Å²) < 4.78 is 32.2. The first-order chi connectivity index (χ1) is 10.9. The van der Waals surface area contributed by atoms with E-state index in [4.69, 9.17) is 16.3 Å². The summed E-state index contributed by atoms with van der Waals surface area (Å²) in [5, 5.41) is 0.372. The number of nitrogens with zero attached hydrogens (tertiary/aromatic N) is 1. The average molecular weight is 372 g/mol. The third kappa shape index (κ3) is 3.76. The zero-order valence-corrected chi connectivity index (χ0v) is 15.5. The summed E-state index contributed by atoms with van der Waals surface area (Å²) in [4.78, 5) is 1.27. The second-order valence-electron chi connectivity index (χ2n) is 4.66. The Balaban J connectivity index is 2.43. The molecule has 2 rings (SSSR count). The second kappa shape index (κ2) is 7.47. The minimum Gasteiger partial charge on any atom is -0.495 e. The summed E-state index contributed by atoms with van der Waals surface area (Å²) in [5.41, 5.74) is 0.507. The summed E-state index contributed by atoms with van der Waals surface area (Å²) in [6, 6.07) is 11.8. The number of sulfonamides is 1. The number of hydrogen-bond donors (Lipinski definition) is 0. The van der Waals surface area contributed by atoms with Crippen molar-refractivity contribution in [3.05, 3.63) is 47.5 Å². The van der Waals surface area contributed by atoms with Gasteiger partial charge in [-0.2, -0.15) is 0 Å². The van der Waals surface area contributed by atoms with Crippen LogP contribution in [-0.4, -0.2) is 28.3 Å². The van der Waals surface area contributed by atoms with Crippen molar-refractivity contribution < 1.29 is 13.2 Å². The van der Waals surface area contributed by atoms with E-state index in [1.807, 2.05) is 6.26 Å². The minimum atomic E-state index is -3.64. The van der Waals surface area contributed by atoms with E-state index in [1.54, 1.807) is 61.2 Å². The van der Waals surface area contributed by atoms with Gasteiger partial charge in [0.1, 0.15) is 5.75 Å². The van der Waals surface area contributed by atoms with E-state index in [9.17, 15) is 8.42 Å². The number of hydrogen-bond acceptors (Lipinski definition) is 4. The third-order valence-corrected chi connectivity index (χ3v) is 6.31. The highest BCUT2D eigenvalue weighted by Gasteiger charge is 2.24. The number of halogens is 1. The Morgan fingerprint density at radius 1 is 1.17 bits per heavy atom. The van der Waals surface area contributed by atoms with Crippen molar-refractivity contribution in [2.75, 3.05) is 24.2 Å². The Hall–Kier alpha value is -1.37. The first-order valence-electron chi connectivity index (χ1n) is 6.94. The summed E-state index contributed by atoms with van der Waals surface area (Å²) in [6.07, 6.45) is 1.95. The van der Waals surface area contributed by atoms with Gasteiger partial charge in [0.2, 0.25) is 0 Å². The Bertz CT molecular complexity index is 776. The summed E-state index contributed by atoms with van der Waals surface area (Å²) >= 11 is 7.68. The van der Waals surface area contributed by atoms with Crippen LogP contribution < -0.4 is 9.04 Å². The van der Waals surface area contributed by atoms with E-state index in [0.29, 0.717) is 23.0 Å². The molecule has 0 saturated carbocycles. The van der Waals surface area contributed by atoms with Crippen molar-refractivity contribution in [3.8, 4) is 5.75 Å². The van der Waals surface area contributed by atoms with Gasteiger partial charge < -0.3 is 4.74 Å². The molecular formula is C16H18ClNO3S2. The smallest absolute Gasteiger partial charge is 0.264 e. The highest BCUT2D eigenvalue weighted by Crippen LogP contribution is 2.32. The summed E-state index contributed by atoms with van der Waals surface area (Å²) in [6.45, 7) is 2.08. The maximum Gasteiger partial charge on any atom is 0.264 e. The zero-order chi connectivity index (χ0) is 17.0. The van der Waals surface area contributed by atoms with Crippen LogP contribution in [0.15, 0.2) is 52.3 Å². The number of benzene rings is 2. The van der Waals surface area contributed by atoms with Gasteiger partial charge in [-0.15, -0.1) is 11.8 Å². The molecule has 0 amide bonds. The van der Waals surface area contributed by atoms with Gasteiger partial charge in [-0.05, 0) is 55.6 Å². The molecule has 0 radical (unpaired) electrons. The van der Waals surface area contributed by atoms with Crippen molar-refractivity contribution >= 4 is 39.1 Å². The Kier molecular flexibility index (Phi) is 5.84. The lowest BCUT2D eigenvalue weighted by Crippen LogP contribution is -2.30. The SMILES string of the molecule is CCN(c1ccc(OC)c(Cl)c1)S(=O)(=O)c1ccc(SC)cc1. The van der Waals surface area contributed by atoms with Crippen molar-refractivity contribution in [2.24, 2.45) is 0 Å². The van der Waals surface area contributed by atoms with Crippen molar-refractivity contribution in [1.82, 2.24) is 0 Å². The molecule has 2 aromatic carbocycles. The predicted molar refractivity (Wildman–Crippen MR) is 96.4 cm³/mol. The van der Waals surface area contributed by atoms with E-state index >= 15 is 0 Å². The van der Waals surface area contributed by atoms with Gasteiger partial charge in [0.05, 0.1) is 22.7 Å². The van der Waals surface area contributed by atoms with Crippen LogP contribution in [0.4, 0.5) is 5.69 Å². The van der Waals surface area contributed by atoms with E-state index in [2.05, 4.69) is 0 Å². The van der Waals surface area contributed by atoms with Gasteiger partial charge in [-0.3, -0.25) is 4.31 Å². The van der Waals surface area contributed by atoms with Crippen molar-refractivity contribution in [3.63, 3.8) is 0 Å². The van der Waals surface area contributed by atoms with Crippen LogP contribution in [0.5, 0.6) is 5.75 Å². The fourth-order valence-corrected chi connectivity index (χ4v) is 4.30. The van der Waals surface area contributed by atoms with E-state index < -0.39 is 10.0 Å². The molecule has 0 aliphatic carbocycles. The summed E-state index contributed by atoms with van der Waals surface area (Å²) in [7, 11) is -2.12. The standard InChI is InChI=1S/C16H18ClNO3S2/c1-4-18(12-5-10-16(21-2)15(17)11-12)23(19,20)14-8-6-13(22-3)7-9-14/h5-11H,4H2,1-3H3. The fourth-order valence-electron chi connectivity index (χ4n) is 2.18. The third-order valence-electron chi connectivity index (χ3n) is 3.36. The molecule has 0 unspecified atom stereocenters. The minimum absolute atomic E-state index is 0.254. The normalized spacial score (nSPS) is 11.3. The van der Waals surface area contributed by atoms with Crippen molar-refractivity contribution in [1.29, 1.82) is 0 Å². The molecule has 0 aliphatic heterocycles. The maximum atomic E-state index is 12.9. The van der Waals surface area contributed by atoms with Gasteiger partial charge in [-0.1, -0.05) is 11.6 Å². The van der Waals surface area contributed by atoms with Crippen molar-refractivity contribution in [2.45, 2.75) is 16.7 Å². The van der Waals surface area contributed by atoms with Crippen LogP contribution in [0.2, 0.25) is 5.02 Å². The number of thioether (sulfide) groups is 1. The van der Waals surface area contributed by atoms with E-state index in [0.717, 1.165) is 4.90 Å². The van der Waals surface area contributed by atoms with Crippen LogP contribution in [0.3, 0.4) is 0 Å². The number of methoxy groups -OCH3 is 1. The zero-order valence-electron chi connectivity index (χ0n) is 13.1. The number of ether oxygens (including phenoxy) is 1. The lowest BCUT2D eigenvalue weighted by molar-refractivity contribution is 0.415. The lowest BCUT2D eigenvalue weighted by Gasteiger charge is -2.23. The fraction of sp³-hybridized carbons (Fsp3) is 0.250. The molecule has 0 fully saturated rings. The molecule has 0 N–H and O–H groups in total. The molecular weight excluding hydrogens is 354 g/mol.